The minimum Gasteiger partial charge on any atom is -0.399 e. The van der Waals surface area contributed by atoms with Crippen molar-refractivity contribution in [3.8, 4) is 0 Å². The Labute approximate surface area is 70.7 Å². The molecule has 0 saturated carbocycles. The molecule has 1 aromatic rings. The molecule has 1 nitrogen and oxygen atoms in total. The maximum Gasteiger partial charge on any atom is 0.0343 e. The monoisotopic (exact) mass is 153 g/mol. The highest BCUT2D eigenvalue weighted by molar-refractivity contribution is 5.44. The van der Waals surface area contributed by atoms with Crippen LogP contribution in [0.1, 0.15) is 27.3 Å². The van der Waals surface area contributed by atoms with E-state index in [1.807, 2.05) is 31.2 Å². The molecule has 1 heteroatoms. The first-order chi connectivity index (χ1) is 5.22. The lowest BCUT2D eigenvalue weighted by Gasteiger charge is -1.93. The van der Waals surface area contributed by atoms with E-state index < -0.39 is 0 Å². The third kappa shape index (κ3) is 4.43. The fraction of sp³-hybridized carbons (Fsp3) is 0.400. The molecule has 0 fully saturated rings. The first kappa shape index (κ1) is 10.0. The molecule has 0 aliphatic carbocycles. The van der Waals surface area contributed by atoms with Crippen LogP contribution >= 0.6 is 0 Å². The van der Waals surface area contributed by atoms with Crippen LogP contribution in [0.15, 0.2) is 24.3 Å². The topological polar surface area (TPSA) is 26.0 Å². The van der Waals surface area contributed by atoms with E-state index in [0.717, 1.165) is 11.3 Å². The van der Waals surface area contributed by atoms with Crippen LogP contribution in [0, 0.1) is 6.92 Å². The molecule has 0 atom stereocenters. The Morgan fingerprint density at radius 2 is 1.73 bits per heavy atom. The molecule has 0 unspecified atom stereocenters. The Kier molecular flexibility index (Phi) is 5.26. The minimum absolute atomic E-state index is 0. The maximum absolute atomic E-state index is 5.52. The van der Waals surface area contributed by atoms with Gasteiger partial charge in [-0.25, -0.2) is 0 Å². The summed E-state index contributed by atoms with van der Waals surface area (Å²) >= 11 is 0. The number of hydrogen-bond acceptors (Lipinski definition) is 1. The number of aryl methyl sites for hydroxylation is 1. The summed E-state index contributed by atoms with van der Waals surface area (Å²) in [6.07, 6.45) is 1.25. The molecule has 0 aliphatic rings. The summed E-state index contributed by atoms with van der Waals surface area (Å²) in [6, 6.07) is 7.80. The van der Waals surface area contributed by atoms with Crippen molar-refractivity contribution in [1.82, 2.24) is 0 Å². The SMILES string of the molecule is CCC.Cc1ccccc1N.[HH]. The van der Waals surface area contributed by atoms with Gasteiger partial charge in [0.25, 0.3) is 0 Å². The van der Waals surface area contributed by atoms with Crippen LogP contribution in [0.25, 0.3) is 0 Å². The second kappa shape index (κ2) is 5.78. The van der Waals surface area contributed by atoms with E-state index in [4.69, 9.17) is 5.73 Å². The van der Waals surface area contributed by atoms with Crippen LogP contribution in [-0.4, -0.2) is 0 Å². The van der Waals surface area contributed by atoms with E-state index >= 15 is 0 Å². The number of hydrogen-bond donors (Lipinski definition) is 1. The predicted molar refractivity (Wildman–Crippen MR) is 53.7 cm³/mol. The Morgan fingerprint density at radius 3 is 2.00 bits per heavy atom. The lowest BCUT2D eigenvalue weighted by atomic mass is 10.2. The van der Waals surface area contributed by atoms with Crippen molar-refractivity contribution in [1.29, 1.82) is 0 Å². The molecular formula is C10H19N. The highest BCUT2D eigenvalue weighted by Crippen LogP contribution is 2.06. The van der Waals surface area contributed by atoms with E-state index in [2.05, 4.69) is 13.8 Å². The molecule has 0 amide bonds. The number of para-hydroxylation sites is 1. The van der Waals surface area contributed by atoms with Gasteiger partial charge in [-0.1, -0.05) is 38.5 Å². The Bertz CT molecular complexity index is 178. The summed E-state index contributed by atoms with van der Waals surface area (Å²) in [5.74, 6) is 0. The largest absolute Gasteiger partial charge is 0.399 e. The summed E-state index contributed by atoms with van der Waals surface area (Å²) in [6.45, 7) is 6.25. The molecule has 0 aromatic heterocycles. The van der Waals surface area contributed by atoms with Gasteiger partial charge in [-0.15, -0.1) is 0 Å². The quantitative estimate of drug-likeness (QED) is 0.569. The van der Waals surface area contributed by atoms with Gasteiger partial charge in [0, 0.05) is 7.11 Å². The molecule has 1 rings (SSSR count). The molecule has 0 saturated heterocycles. The maximum atomic E-state index is 5.52. The van der Waals surface area contributed by atoms with Gasteiger partial charge in [-0.05, 0) is 18.6 Å². The fourth-order valence-electron chi connectivity index (χ4n) is 0.587. The van der Waals surface area contributed by atoms with Crippen LogP contribution in [0.2, 0.25) is 0 Å². The van der Waals surface area contributed by atoms with Gasteiger partial charge in [-0.3, -0.25) is 0 Å². The normalized spacial score (nSPS) is 8.27. The van der Waals surface area contributed by atoms with Crippen LogP contribution in [0.3, 0.4) is 0 Å². The van der Waals surface area contributed by atoms with Gasteiger partial charge in [0.05, 0.1) is 0 Å². The standard InChI is InChI=1S/C7H9N.C3H8.H2/c1-6-4-2-3-5-7(6)8;1-3-2;/h2-5H,8H2,1H3;3H2,1-2H3;1H. The van der Waals surface area contributed by atoms with Crippen LogP contribution < -0.4 is 5.73 Å². The van der Waals surface area contributed by atoms with Crippen molar-refractivity contribution in [2.75, 3.05) is 5.73 Å². The second-order valence-electron chi connectivity index (χ2n) is 2.56. The van der Waals surface area contributed by atoms with Crippen molar-refractivity contribution >= 4 is 5.69 Å². The van der Waals surface area contributed by atoms with Crippen molar-refractivity contribution in [2.45, 2.75) is 27.2 Å². The van der Waals surface area contributed by atoms with E-state index in [1.54, 1.807) is 0 Å². The first-order valence-electron chi connectivity index (χ1n) is 4.03. The number of benzene rings is 1. The van der Waals surface area contributed by atoms with E-state index in [0.29, 0.717) is 0 Å². The number of rotatable bonds is 0. The minimum atomic E-state index is 0. The lowest BCUT2D eigenvalue weighted by molar-refractivity contribution is 1.09. The van der Waals surface area contributed by atoms with Gasteiger partial charge in [0.1, 0.15) is 0 Å². The third-order valence-corrected chi connectivity index (χ3v) is 1.19. The summed E-state index contributed by atoms with van der Waals surface area (Å²) < 4.78 is 0. The zero-order valence-electron chi connectivity index (χ0n) is 7.59. The molecular weight excluding hydrogens is 134 g/mol. The number of nitrogens with two attached hydrogens (primary N) is 1. The van der Waals surface area contributed by atoms with Crippen molar-refractivity contribution in [3.63, 3.8) is 0 Å². The molecule has 64 valence electrons. The van der Waals surface area contributed by atoms with Gasteiger partial charge in [0.15, 0.2) is 0 Å². The van der Waals surface area contributed by atoms with Gasteiger partial charge in [0.2, 0.25) is 0 Å². The van der Waals surface area contributed by atoms with Crippen molar-refractivity contribution in [2.24, 2.45) is 0 Å². The first-order valence-corrected chi connectivity index (χ1v) is 4.03. The molecule has 0 aliphatic heterocycles. The number of nitrogen functional groups attached to an aromatic ring is 1. The highest BCUT2D eigenvalue weighted by Gasteiger charge is 1.84. The lowest BCUT2D eigenvalue weighted by Crippen LogP contribution is -1.85. The Hall–Kier alpha value is -0.980. The van der Waals surface area contributed by atoms with Gasteiger partial charge in [-0.2, -0.15) is 0 Å². The van der Waals surface area contributed by atoms with Crippen molar-refractivity contribution in [3.05, 3.63) is 29.8 Å². The molecule has 0 bridgehead atoms. The fourth-order valence-corrected chi connectivity index (χ4v) is 0.587. The molecule has 2 N–H and O–H groups in total. The van der Waals surface area contributed by atoms with Crippen LogP contribution in [0.5, 0.6) is 0 Å². The van der Waals surface area contributed by atoms with Gasteiger partial charge >= 0.3 is 0 Å². The zero-order chi connectivity index (χ0) is 8.69. The molecule has 1 aromatic carbocycles. The summed E-state index contributed by atoms with van der Waals surface area (Å²) in [5, 5.41) is 0. The Morgan fingerprint density at radius 1 is 1.27 bits per heavy atom. The van der Waals surface area contributed by atoms with E-state index in [-0.39, 0.29) is 1.43 Å². The molecule has 11 heavy (non-hydrogen) atoms. The van der Waals surface area contributed by atoms with E-state index in [1.165, 1.54) is 6.42 Å². The van der Waals surface area contributed by atoms with Crippen LogP contribution in [-0.2, 0) is 0 Å². The summed E-state index contributed by atoms with van der Waals surface area (Å²) in [5.41, 5.74) is 7.53. The molecule has 0 radical (unpaired) electrons. The summed E-state index contributed by atoms with van der Waals surface area (Å²) in [4.78, 5) is 0. The zero-order valence-corrected chi connectivity index (χ0v) is 7.59. The van der Waals surface area contributed by atoms with Crippen molar-refractivity contribution < 1.29 is 1.43 Å². The third-order valence-electron chi connectivity index (χ3n) is 1.19. The summed E-state index contributed by atoms with van der Waals surface area (Å²) in [7, 11) is 0. The molecule has 0 spiro atoms. The number of anilines is 1. The highest BCUT2D eigenvalue weighted by atomic mass is 14.5. The van der Waals surface area contributed by atoms with Gasteiger partial charge < -0.3 is 5.73 Å². The second-order valence-corrected chi connectivity index (χ2v) is 2.56. The van der Waals surface area contributed by atoms with Crippen LogP contribution in [0.4, 0.5) is 5.69 Å². The molecule has 0 heterocycles. The smallest absolute Gasteiger partial charge is 0.0343 e. The predicted octanol–water partition coefficient (Wildman–Crippen LogP) is 3.24. The van der Waals surface area contributed by atoms with E-state index in [9.17, 15) is 0 Å². The average molecular weight is 153 g/mol. The average Bonchev–Trinajstić information content (AvgIpc) is 1.97. The Balaban J connectivity index is 0.